The molecule has 0 saturated carbocycles. The smallest absolute Gasteiger partial charge is 0.271 e. The van der Waals surface area contributed by atoms with Crippen LogP contribution in [-0.4, -0.2) is 8.79 Å². The summed E-state index contributed by atoms with van der Waals surface area (Å²) in [5, 5.41) is 8.23. The van der Waals surface area contributed by atoms with Crippen molar-refractivity contribution in [1.29, 1.82) is 5.26 Å². The predicted octanol–water partition coefficient (Wildman–Crippen LogP) is 2.73. The summed E-state index contributed by atoms with van der Waals surface area (Å²) in [6.07, 6.45) is 0. The quantitative estimate of drug-likeness (QED) is 0.377. The highest BCUT2D eigenvalue weighted by Gasteiger charge is 2.55. The summed E-state index contributed by atoms with van der Waals surface area (Å²) in [6.45, 7) is 6.41. The molecule has 0 aliphatic carbocycles. The molecule has 0 radical (unpaired) electrons. The van der Waals surface area contributed by atoms with Crippen LogP contribution in [0.25, 0.3) is 4.85 Å². The number of hydrogen-bond donors (Lipinski definition) is 0. The lowest BCUT2D eigenvalue weighted by Gasteiger charge is -2.13. The van der Waals surface area contributed by atoms with Crippen LogP contribution >= 0.6 is 46.4 Å². The van der Waals surface area contributed by atoms with Crippen LogP contribution in [0.5, 0.6) is 0 Å². The SMILES string of the molecule is [C-]#[N+]C(Cl)(Cl)C(Cl)(Cl)C#N. The number of rotatable bonds is 1. The van der Waals surface area contributed by atoms with Crippen molar-refractivity contribution >= 4 is 46.4 Å². The van der Waals surface area contributed by atoms with E-state index in [-0.39, 0.29) is 0 Å². The Morgan fingerprint density at radius 1 is 1.30 bits per heavy atom. The van der Waals surface area contributed by atoms with E-state index in [1.54, 1.807) is 0 Å². The van der Waals surface area contributed by atoms with Crippen molar-refractivity contribution < 1.29 is 0 Å². The summed E-state index contributed by atoms with van der Waals surface area (Å²) in [5.74, 6) is 0. The van der Waals surface area contributed by atoms with Gasteiger partial charge in [0.2, 0.25) is 0 Å². The van der Waals surface area contributed by atoms with E-state index in [2.05, 4.69) is 4.85 Å². The first-order valence-electron chi connectivity index (χ1n) is 1.93. The molecule has 0 atom stereocenters. The molecule has 0 aromatic carbocycles. The van der Waals surface area contributed by atoms with Crippen molar-refractivity contribution in [2.24, 2.45) is 0 Å². The topological polar surface area (TPSA) is 28.1 Å². The summed E-state index contributed by atoms with van der Waals surface area (Å²) in [4.78, 5) is 2.66. The molecule has 0 bridgehead atoms. The van der Waals surface area contributed by atoms with Crippen LogP contribution < -0.4 is 0 Å². The van der Waals surface area contributed by atoms with Gasteiger partial charge >= 0.3 is 8.79 Å². The van der Waals surface area contributed by atoms with E-state index in [0.717, 1.165) is 0 Å². The predicted molar refractivity (Wildman–Crippen MR) is 41.1 cm³/mol. The van der Waals surface area contributed by atoms with Gasteiger partial charge in [0.05, 0.1) is 0 Å². The van der Waals surface area contributed by atoms with Crippen molar-refractivity contribution in [2.75, 3.05) is 0 Å². The molecule has 54 valence electrons. The third kappa shape index (κ3) is 1.81. The molecule has 0 aromatic heterocycles. The zero-order valence-corrected chi connectivity index (χ0v) is 7.43. The van der Waals surface area contributed by atoms with E-state index in [0.29, 0.717) is 0 Å². The molecule has 0 unspecified atom stereocenters. The Labute approximate surface area is 78.0 Å². The molecular formula is C4Cl4N2. The molecule has 0 rings (SSSR count). The second kappa shape index (κ2) is 3.03. The van der Waals surface area contributed by atoms with Gasteiger partial charge in [0, 0.05) is 0 Å². The van der Waals surface area contributed by atoms with Gasteiger partial charge in [-0.05, 0) is 23.2 Å². The fraction of sp³-hybridized carbons (Fsp3) is 0.500. The maximum Gasteiger partial charge on any atom is 0.428 e. The van der Waals surface area contributed by atoms with Crippen LogP contribution in [0.15, 0.2) is 0 Å². The maximum atomic E-state index is 8.23. The third-order valence-electron chi connectivity index (χ3n) is 0.659. The van der Waals surface area contributed by atoms with Crippen molar-refractivity contribution in [3.05, 3.63) is 11.4 Å². The van der Waals surface area contributed by atoms with Gasteiger partial charge in [-0.15, -0.1) is 0 Å². The van der Waals surface area contributed by atoms with Crippen molar-refractivity contribution in [1.82, 2.24) is 0 Å². The van der Waals surface area contributed by atoms with Gasteiger partial charge in [-0.1, -0.05) is 23.2 Å². The zero-order chi connectivity index (χ0) is 8.41. The summed E-state index contributed by atoms with van der Waals surface area (Å²) in [7, 11) is 0. The second-order valence-electron chi connectivity index (χ2n) is 1.34. The molecule has 10 heavy (non-hydrogen) atoms. The molecule has 0 aliphatic rings. The number of halogens is 4. The highest BCUT2D eigenvalue weighted by molar-refractivity contribution is 6.64. The first-order chi connectivity index (χ1) is 4.37. The van der Waals surface area contributed by atoms with Crippen molar-refractivity contribution in [3.8, 4) is 6.07 Å². The minimum Gasteiger partial charge on any atom is -0.271 e. The largest absolute Gasteiger partial charge is 0.428 e. The number of nitriles is 1. The monoisotopic (exact) mass is 216 g/mol. The first-order valence-corrected chi connectivity index (χ1v) is 3.44. The Hall–Kier alpha value is 0.140. The second-order valence-corrected chi connectivity index (χ2v) is 3.95. The van der Waals surface area contributed by atoms with E-state index in [4.69, 9.17) is 58.2 Å². The van der Waals surface area contributed by atoms with E-state index in [9.17, 15) is 0 Å². The number of nitrogens with zero attached hydrogens (tertiary/aromatic N) is 2. The molecule has 6 heteroatoms. The molecule has 0 N–H and O–H groups in total. The third-order valence-corrected chi connectivity index (χ3v) is 2.50. The lowest BCUT2D eigenvalue weighted by molar-refractivity contribution is 0.915. The van der Waals surface area contributed by atoms with Gasteiger partial charge in [-0.2, -0.15) is 5.26 Å². The Kier molecular flexibility index (Phi) is 3.07. The number of alkyl halides is 4. The molecule has 0 heterocycles. The summed E-state index contributed by atoms with van der Waals surface area (Å²) in [6, 6.07) is 1.39. The van der Waals surface area contributed by atoms with E-state index in [1.807, 2.05) is 0 Å². The van der Waals surface area contributed by atoms with E-state index < -0.39 is 8.79 Å². The average Bonchev–Trinajstić information content (AvgIpc) is 1.88. The van der Waals surface area contributed by atoms with Crippen LogP contribution in [0.2, 0.25) is 0 Å². The Balaban J connectivity index is 4.71. The van der Waals surface area contributed by atoms with E-state index in [1.165, 1.54) is 6.07 Å². The lowest BCUT2D eigenvalue weighted by Crippen LogP contribution is -2.31. The Bertz CT molecular complexity index is 184. The van der Waals surface area contributed by atoms with Gasteiger partial charge in [-0.3, -0.25) is 4.85 Å². The normalized spacial score (nSPS) is 11.8. The minimum absolute atomic E-state index is 1.39. The van der Waals surface area contributed by atoms with Gasteiger partial charge in [-0.25, -0.2) is 6.57 Å². The first kappa shape index (κ1) is 10.1. The van der Waals surface area contributed by atoms with Gasteiger partial charge < -0.3 is 0 Å². The highest BCUT2D eigenvalue weighted by atomic mass is 35.5. The van der Waals surface area contributed by atoms with Gasteiger partial charge in [0.25, 0.3) is 0 Å². The molecule has 0 amide bonds. The Morgan fingerprint density at radius 3 is 1.80 bits per heavy atom. The molecule has 0 aliphatic heterocycles. The molecular weight excluding hydrogens is 218 g/mol. The molecule has 0 fully saturated rings. The van der Waals surface area contributed by atoms with Crippen molar-refractivity contribution in [3.63, 3.8) is 0 Å². The highest BCUT2D eigenvalue weighted by Crippen LogP contribution is 2.43. The summed E-state index contributed by atoms with van der Waals surface area (Å²) in [5.41, 5.74) is 0. The fourth-order valence-corrected chi connectivity index (χ4v) is 0.306. The summed E-state index contributed by atoms with van der Waals surface area (Å²) >= 11 is 21.0. The minimum atomic E-state index is -2.11. The maximum absolute atomic E-state index is 8.23. The lowest BCUT2D eigenvalue weighted by atomic mass is 10.4. The average molecular weight is 218 g/mol. The van der Waals surface area contributed by atoms with Gasteiger partial charge in [0.15, 0.2) is 0 Å². The van der Waals surface area contributed by atoms with Crippen LogP contribution in [0.1, 0.15) is 0 Å². The van der Waals surface area contributed by atoms with Crippen LogP contribution in [-0.2, 0) is 0 Å². The fourth-order valence-electron chi connectivity index (χ4n) is 0.137. The molecule has 0 spiro atoms. The molecule has 0 aromatic rings. The van der Waals surface area contributed by atoms with Crippen molar-refractivity contribution in [2.45, 2.75) is 8.79 Å². The molecule has 2 nitrogen and oxygen atoms in total. The van der Waals surface area contributed by atoms with Gasteiger partial charge in [0.1, 0.15) is 6.07 Å². The molecule has 0 saturated heterocycles. The van der Waals surface area contributed by atoms with E-state index >= 15 is 0 Å². The van der Waals surface area contributed by atoms with Crippen LogP contribution in [0.4, 0.5) is 0 Å². The summed E-state index contributed by atoms with van der Waals surface area (Å²) < 4.78 is -4.19. The Morgan fingerprint density at radius 2 is 1.70 bits per heavy atom. The number of hydrogen-bond acceptors (Lipinski definition) is 1. The standard InChI is InChI=1S/C4Cl4N2/c1-10-4(7,8)3(5,6)2-9. The zero-order valence-electron chi connectivity index (χ0n) is 4.41. The van der Waals surface area contributed by atoms with Crippen LogP contribution in [0, 0.1) is 17.9 Å². The van der Waals surface area contributed by atoms with Crippen LogP contribution in [0.3, 0.4) is 0 Å².